The van der Waals surface area contributed by atoms with Crippen molar-refractivity contribution in [1.82, 2.24) is 5.32 Å². The highest BCUT2D eigenvalue weighted by molar-refractivity contribution is 5.32. The van der Waals surface area contributed by atoms with E-state index >= 15 is 0 Å². The van der Waals surface area contributed by atoms with Crippen LogP contribution in [0, 0.1) is 0 Å². The van der Waals surface area contributed by atoms with Crippen molar-refractivity contribution in [2.75, 3.05) is 7.11 Å². The molecular weight excluding hydrogens is 222 g/mol. The molecule has 2 rings (SSSR count). The smallest absolute Gasteiger partial charge is 0.119 e. The van der Waals surface area contributed by atoms with Gasteiger partial charge >= 0.3 is 0 Å². The molecule has 0 amide bonds. The highest BCUT2D eigenvalue weighted by Crippen LogP contribution is 2.38. The summed E-state index contributed by atoms with van der Waals surface area (Å²) < 4.78 is 5.27. The van der Waals surface area contributed by atoms with Crippen LogP contribution in [0.4, 0.5) is 0 Å². The molecule has 1 atom stereocenters. The van der Waals surface area contributed by atoms with Gasteiger partial charge in [-0.05, 0) is 49.8 Å². The van der Waals surface area contributed by atoms with E-state index in [1.54, 1.807) is 7.11 Å². The topological polar surface area (TPSA) is 21.3 Å². The molecule has 0 bridgehead atoms. The summed E-state index contributed by atoms with van der Waals surface area (Å²) in [6, 6.07) is 9.65. The lowest BCUT2D eigenvalue weighted by Gasteiger charge is -2.38. The first-order valence-corrected chi connectivity index (χ1v) is 6.73. The second-order valence-electron chi connectivity index (χ2n) is 5.23. The summed E-state index contributed by atoms with van der Waals surface area (Å²) in [6.07, 6.45) is 5.49. The maximum Gasteiger partial charge on any atom is 0.119 e. The summed E-state index contributed by atoms with van der Waals surface area (Å²) in [4.78, 5) is 0. The van der Waals surface area contributed by atoms with Gasteiger partial charge in [0.1, 0.15) is 5.75 Å². The molecule has 2 heteroatoms. The molecule has 1 saturated carbocycles. The number of ether oxygens (including phenoxy) is 1. The van der Waals surface area contributed by atoms with E-state index in [1.165, 1.54) is 18.4 Å². The minimum atomic E-state index is 0.541. The lowest BCUT2D eigenvalue weighted by atomic mass is 9.75. The van der Waals surface area contributed by atoms with Crippen molar-refractivity contribution in [2.24, 2.45) is 0 Å². The standard InChI is InChI=1S/C16H23NO/c1-4-6-12(2)17-15-9-14(10-15)13-7-5-8-16(11-13)18-3/h4-5,7-8,11-12,14-15,17H,1,6,9-10H2,2-3H3. The van der Waals surface area contributed by atoms with Gasteiger partial charge in [0.05, 0.1) is 7.11 Å². The Morgan fingerprint density at radius 3 is 2.94 bits per heavy atom. The third-order valence-electron chi connectivity index (χ3n) is 3.74. The third kappa shape index (κ3) is 3.14. The Morgan fingerprint density at radius 1 is 1.50 bits per heavy atom. The van der Waals surface area contributed by atoms with Crippen molar-refractivity contribution >= 4 is 0 Å². The molecule has 1 N–H and O–H groups in total. The van der Waals surface area contributed by atoms with Gasteiger partial charge in [-0.3, -0.25) is 0 Å². The van der Waals surface area contributed by atoms with Crippen LogP contribution in [0.2, 0.25) is 0 Å². The Labute approximate surface area is 110 Å². The zero-order valence-corrected chi connectivity index (χ0v) is 11.4. The number of methoxy groups -OCH3 is 1. The maximum atomic E-state index is 5.27. The summed E-state index contributed by atoms with van der Waals surface area (Å²) in [5.74, 6) is 1.65. The fourth-order valence-corrected chi connectivity index (χ4v) is 2.64. The monoisotopic (exact) mass is 245 g/mol. The third-order valence-corrected chi connectivity index (χ3v) is 3.74. The van der Waals surface area contributed by atoms with E-state index in [9.17, 15) is 0 Å². The molecule has 1 fully saturated rings. The highest BCUT2D eigenvalue weighted by Gasteiger charge is 2.30. The highest BCUT2D eigenvalue weighted by atomic mass is 16.5. The van der Waals surface area contributed by atoms with Crippen molar-refractivity contribution < 1.29 is 4.74 Å². The van der Waals surface area contributed by atoms with Gasteiger partial charge in [-0.25, -0.2) is 0 Å². The van der Waals surface area contributed by atoms with E-state index in [-0.39, 0.29) is 0 Å². The van der Waals surface area contributed by atoms with Crippen molar-refractivity contribution in [3.05, 3.63) is 42.5 Å². The van der Waals surface area contributed by atoms with Crippen LogP contribution in [-0.2, 0) is 0 Å². The Morgan fingerprint density at radius 2 is 2.28 bits per heavy atom. The lowest BCUT2D eigenvalue weighted by molar-refractivity contribution is 0.269. The van der Waals surface area contributed by atoms with Gasteiger partial charge in [0, 0.05) is 12.1 Å². The number of nitrogens with one attached hydrogen (secondary N) is 1. The predicted molar refractivity (Wildman–Crippen MR) is 76.2 cm³/mol. The molecule has 2 nitrogen and oxygen atoms in total. The zero-order valence-electron chi connectivity index (χ0n) is 11.4. The Balaban J connectivity index is 1.83. The van der Waals surface area contributed by atoms with Crippen molar-refractivity contribution in [1.29, 1.82) is 0 Å². The quantitative estimate of drug-likeness (QED) is 0.775. The van der Waals surface area contributed by atoms with Gasteiger partial charge in [0.2, 0.25) is 0 Å². The largest absolute Gasteiger partial charge is 0.497 e. The summed E-state index contributed by atoms with van der Waals surface area (Å²) in [7, 11) is 1.72. The molecule has 0 spiro atoms. The molecule has 18 heavy (non-hydrogen) atoms. The molecule has 0 aliphatic heterocycles. The number of benzene rings is 1. The fourth-order valence-electron chi connectivity index (χ4n) is 2.64. The molecule has 0 heterocycles. The Bertz CT molecular complexity index is 396. The van der Waals surface area contributed by atoms with Gasteiger partial charge in [-0.1, -0.05) is 18.2 Å². The summed E-state index contributed by atoms with van der Waals surface area (Å²) >= 11 is 0. The van der Waals surface area contributed by atoms with Crippen molar-refractivity contribution in [3.8, 4) is 5.75 Å². The molecule has 0 aromatic heterocycles. The number of hydrogen-bond acceptors (Lipinski definition) is 2. The first kappa shape index (κ1) is 13.2. The first-order chi connectivity index (χ1) is 8.72. The van der Waals surface area contributed by atoms with Gasteiger partial charge in [-0.15, -0.1) is 6.58 Å². The van der Waals surface area contributed by atoms with Gasteiger partial charge < -0.3 is 10.1 Å². The van der Waals surface area contributed by atoms with Crippen LogP contribution in [0.15, 0.2) is 36.9 Å². The van der Waals surface area contributed by atoms with E-state index in [4.69, 9.17) is 4.74 Å². The van der Waals surface area contributed by atoms with Crippen LogP contribution < -0.4 is 10.1 Å². The van der Waals surface area contributed by atoms with Crippen LogP contribution in [0.5, 0.6) is 5.75 Å². The maximum absolute atomic E-state index is 5.27. The van der Waals surface area contributed by atoms with Gasteiger partial charge in [0.25, 0.3) is 0 Å². The van der Waals surface area contributed by atoms with Crippen LogP contribution in [-0.4, -0.2) is 19.2 Å². The average Bonchev–Trinajstić information content (AvgIpc) is 2.33. The van der Waals surface area contributed by atoms with Gasteiger partial charge in [0.15, 0.2) is 0 Å². The van der Waals surface area contributed by atoms with E-state index in [2.05, 4.69) is 37.0 Å². The molecule has 0 radical (unpaired) electrons. The molecule has 98 valence electrons. The Kier molecular flexibility index (Phi) is 4.43. The minimum absolute atomic E-state index is 0.541. The summed E-state index contributed by atoms with van der Waals surface area (Å²) in [5, 5.41) is 3.64. The normalized spacial score (nSPS) is 24.1. The molecule has 1 aliphatic rings. The zero-order chi connectivity index (χ0) is 13.0. The van der Waals surface area contributed by atoms with Crippen LogP contribution in [0.3, 0.4) is 0 Å². The number of hydrogen-bond donors (Lipinski definition) is 1. The molecule has 1 aliphatic carbocycles. The van der Waals surface area contributed by atoms with Gasteiger partial charge in [-0.2, -0.15) is 0 Å². The second-order valence-corrected chi connectivity index (χ2v) is 5.23. The summed E-state index contributed by atoms with van der Waals surface area (Å²) in [6.45, 7) is 6.00. The number of rotatable bonds is 6. The molecule has 1 unspecified atom stereocenters. The minimum Gasteiger partial charge on any atom is -0.497 e. The van der Waals surface area contributed by atoms with Crippen LogP contribution >= 0.6 is 0 Å². The molecular formula is C16H23NO. The SMILES string of the molecule is C=CCC(C)NC1CC(c2cccc(OC)c2)C1. The van der Waals surface area contributed by atoms with E-state index in [0.29, 0.717) is 18.0 Å². The first-order valence-electron chi connectivity index (χ1n) is 6.73. The van der Waals surface area contributed by atoms with Crippen molar-refractivity contribution in [2.45, 2.75) is 44.2 Å². The second kappa shape index (κ2) is 6.05. The fraction of sp³-hybridized carbons (Fsp3) is 0.500. The van der Waals surface area contributed by atoms with E-state index in [1.807, 2.05) is 12.1 Å². The molecule has 0 saturated heterocycles. The Hall–Kier alpha value is -1.28. The van der Waals surface area contributed by atoms with Crippen molar-refractivity contribution in [3.63, 3.8) is 0 Å². The van der Waals surface area contributed by atoms with Crippen LogP contribution in [0.1, 0.15) is 37.7 Å². The van der Waals surface area contributed by atoms with E-state index in [0.717, 1.165) is 12.2 Å². The molecule has 1 aromatic rings. The summed E-state index contributed by atoms with van der Waals surface area (Å²) in [5.41, 5.74) is 1.41. The van der Waals surface area contributed by atoms with Crippen LogP contribution in [0.25, 0.3) is 0 Å². The van der Waals surface area contributed by atoms with E-state index < -0.39 is 0 Å². The predicted octanol–water partition coefficient (Wildman–Crippen LogP) is 3.50. The lowest BCUT2D eigenvalue weighted by Crippen LogP contribution is -2.44. The average molecular weight is 245 g/mol. The molecule has 1 aromatic carbocycles.